The summed E-state index contributed by atoms with van der Waals surface area (Å²) in [5.41, 5.74) is 0.833. The average Bonchev–Trinajstić information content (AvgIpc) is 2.26. The van der Waals surface area contributed by atoms with E-state index in [9.17, 15) is 9.59 Å². The van der Waals surface area contributed by atoms with Gasteiger partial charge in [-0.05, 0) is 5.56 Å². The Morgan fingerprint density at radius 1 is 1.27 bits per heavy atom. The third kappa shape index (κ3) is 3.20. The van der Waals surface area contributed by atoms with Gasteiger partial charge in [0.25, 0.3) is 0 Å². The van der Waals surface area contributed by atoms with E-state index in [0.29, 0.717) is 6.42 Å². The van der Waals surface area contributed by atoms with Crippen molar-refractivity contribution in [1.82, 2.24) is 5.32 Å². The van der Waals surface area contributed by atoms with Crippen molar-refractivity contribution >= 4 is 11.7 Å². The first-order chi connectivity index (χ1) is 7.15. The van der Waals surface area contributed by atoms with Gasteiger partial charge >= 0.3 is 0 Å². The Kier molecular flexibility index (Phi) is 4.03. The summed E-state index contributed by atoms with van der Waals surface area (Å²) < 4.78 is 0. The number of hydrogen-bond donors (Lipinski definition) is 1. The standard InChI is InChI=1S/C12H15NO2/c1-3-11(15)12(13-9(2)14)10-7-5-4-6-8-10/h4-8,12H,3H2,1-2H3,(H,13,14). The summed E-state index contributed by atoms with van der Waals surface area (Å²) in [4.78, 5) is 22.6. The van der Waals surface area contributed by atoms with Crippen LogP contribution in [0.25, 0.3) is 0 Å². The topological polar surface area (TPSA) is 46.2 Å². The van der Waals surface area contributed by atoms with Crippen LogP contribution in [0.2, 0.25) is 0 Å². The number of ketones is 1. The van der Waals surface area contributed by atoms with E-state index >= 15 is 0 Å². The SMILES string of the molecule is CCC(=O)C(NC(C)=O)c1ccccc1. The Hall–Kier alpha value is -1.64. The maximum Gasteiger partial charge on any atom is 0.217 e. The molecule has 1 aromatic rings. The van der Waals surface area contributed by atoms with E-state index in [1.165, 1.54) is 6.92 Å². The molecule has 3 heteroatoms. The van der Waals surface area contributed by atoms with Crippen LogP contribution in [-0.4, -0.2) is 11.7 Å². The molecule has 1 unspecified atom stereocenters. The number of carbonyl (C=O) groups excluding carboxylic acids is 2. The van der Waals surface area contributed by atoms with Gasteiger partial charge in [-0.1, -0.05) is 37.3 Å². The molecule has 15 heavy (non-hydrogen) atoms. The molecule has 1 rings (SSSR count). The minimum absolute atomic E-state index is 0.0244. The molecule has 0 radical (unpaired) electrons. The molecule has 1 N–H and O–H groups in total. The molecular weight excluding hydrogens is 190 g/mol. The first-order valence-electron chi connectivity index (χ1n) is 5.00. The molecule has 0 aliphatic carbocycles. The zero-order valence-corrected chi connectivity index (χ0v) is 8.99. The molecule has 0 bridgehead atoms. The number of carbonyl (C=O) groups is 2. The zero-order chi connectivity index (χ0) is 11.3. The van der Waals surface area contributed by atoms with Crippen LogP contribution in [0, 0.1) is 0 Å². The predicted octanol–water partition coefficient (Wildman–Crippen LogP) is 1.84. The van der Waals surface area contributed by atoms with Crippen LogP contribution >= 0.6 is 0 Å². The Morgan fingerprint density at radius 3 is 2.33 bits per heavy atom. The number of rotatable bonds is 4. The highest BCUT2D eigenvalue weighted by Gasteiger charge is 2.18. The van der Waals surface area contributed by atoms with Crippen molar-refractivity contribution in [2.75, 3.05) is 0 Å². The van der Waals surface area contributed by atoms with Crippen LogP contribution in [0.5, 0.6) is 0 Å². The lowest BCUT2D eigenvalue weighted by Gasteiger charge is -2.16. The van der Waals surface area contributed by atoms with Gasteiger partial charge in [0.05, 0.1) is 0 Å². The van der Waals surface area contributed by atoms with E-state index in [1.54, 1.807) is 6.92 Å². The van der Waals surface area contributed by atoms with E-state index in [1.807, 2.05) is 30.3 Å². The van der Waals surface area contributed by atoms with Crippen LogP contribution in [0.4, 0.5) is 0 Å². The van der Waals surface area contributed by atoms with Crippen LogP contribution < -0.4 is 5.32 Å². The summed E-state index contributed by atoms with van der Waals surface area (Å²) in [6, 6.07) is 8.77. The maximum atomic E-state index is 11.6. The van der Waals surface area contributed by atoms with E-state index in [-0.39, 0.29) is 11.7 Å². The number of hydrogen-bond acceptors (Lipinski definition) is 2. The van der Waals surface area contributed by atoms with Gasteiger partial charge in [-0.25, -0.2) is 0 Å². The largest absolute Gasteiger partial charge is 0.342 e. The Labute approximate surface area is 89.5 Å². The average molecular weight is 205 g/mol. The minimum atomic E-state index is -0.506. The van der Waals surface area contributed by atoms with Crippen molar-refractivity contribution in [3.63, 3.8) is 0 Å². The quantitative estimate of drug-likeness (QED) is 0.815. The van der Waals surface area contributed by atoms with Crippen molar-refractivity contribution in [2.24, 2.45) is 0 Å². The second kappa shape index (κ2) is 5.29. The van der Waals surface area contributed by atoms with Crippen molar-refractivity contribution in [1.29, 1.82) is 0 Å². The summed E-state index contributed by atoms with van der Waals surface area (Å²) in [6.07, 6.45) is 0.417. The molecule has 0 aromatic heterocycles. The molecule has 0 spiro atoms. The smallest absolute Gasteiger partial charge is 0.217 e. The molecule has 0 aliphatic rings. The van der Waals surface area contributed by atoms with E-state index < -0.39 is 6.04 Å². The van der Waals surface area contributed by atoms with Crippen molar-refractivity contribution in [2.45, 2.75) is 26.3 Å². The second-order valence-corrected chi connectivity index (χ2v) is 3.36. The van der Waals surface area contributed by atoms with Gasteiger partial charge in [-0.3, -0.25) is 9.59 Å². The lowest BCUT2D eigenvalue weighted by atomic mass is 10.0. The highest BCUT2D eigenvalue weighted by molar-refractivity contribution is 5.89. The van der Waals surface area contributed by atoms with E-state index in [4.69, 9.17) is 0 Å². The summed E-state index contributed by atoms with van der Waals surface area (Å²) in [6.45, 7) is 3.21. The number of Topliss-reactive ketones (excluding diaryl/α,β-unsaturated/α-hetero) is 1. The summed E-state index contributed by atoms with van der Waals surface area (Å²) in [5.74, 6) is -0.165. The summed E-state index contributed by atoms with van der Waals surface area (Å²) >= 11 is 0. The van der Waals surface area contributed by atoms with E-state index in [0.717, 1.165) is 5.56 Å². The molecule has 1 aromatic carbocycles. The normalized spacial score (nSPS) is 11.9. The van der Waals surface area contributed by atoms with Crippen molar-refractivity contribution in [3.05, 3.63) is 35.9 Å². The minimum Gasteiger partial charge on any atom is -0.342 e. The fourth-order valence-electron chi connectivity index (χ4n) is 1.40. The van der Waals surface area contributed by atoms with Gasteiger partial charge in [0.2, 0.25) is 5.91 Å². The molecule has 0 saturated carbocycles. The van der Waals surface area contributed by atoms with Gasteiger partial charge in [-0.2, -0.15) is 0 Å². The van der Waals surface area contributed by atoms with E-state index in [2.05, 4.69) is 5.32 Å². The molecule has 0 saturated heterocycles. The lowest BCUT2D eigenvalue weighted by Crippen LogP contribution is -2.31. The molecule has 0 heterocycles. The Morgan fingerprint density at radius 2 is 1.87 bits per heavy atom. The van der Waals surface area contributed by atoms with Crippen LogP contribution in [-0.2, 0) is 9.59 Å². The summed E-state index contributed by atoms with van der Waals surface area (Å²) in [5, 5.41) is 2.66. The summed E-state index contributed by atoms with van der Waals surface area (Å²) in [7, 11) is 0. The molecule has 1 amide bonds. The fourth-order valence-corrected chi connectivity index (χ4v) is 1.40. The number of benzene rings is 1. The van der Waals surface area contributed by atoms with Crippen LogP contribution in [0.1, 0.15) is 31.9 Å². The van der Waals surface area contributed by atoms with Crippen molar-refractivity contribution < 1.29 is 9.59 Å². The predicted molar refractivity (Wildman–Crippen MR) is 58.3 cm³/mol. The third-order valence-corrected chi connectivity index (χ3v) is 2.15. The van der Waals surface area contributed by atoms with Crippen LogP contribution in [0.3, 0.4) is 0 Å². The van der Waals surface area contributed by atoms with Gasteiger partial charge < -0.3 is 5.32 Å². The monoisotopic (exact) mass is 205 g/mol. The number of nitrogens with one attached hydrogen (secondary N) is 1. The number of amides is 1. The molecular formula is C12H15NO2. The highest BCUT2D eigenvalue weighted by Crippen LogP contribution is 2.14. The molecule has 0 fully saturated rings. The Balaban J connectivity index is 2.91. The maximum absolute atomic E-state index is 11.6. The molecule has 0 aliphatic heterocycles. The first kappa shape index (κ1) is 11.4. The molecule has 80 valence electrons. The molecule has 3 nitrogen and oxygen atoms in total. The third-order valence-electron chi connectivity index (χ3n) is 2.15. The van der Waals surface area contributed by atoms with Crippen molar-refractivity contribution in [3.8, 4) is 0 Å². The fraction of sp³-hybridized carbons (Fsp3) is 0.333. The van der Waals surface area contributed by atoms with Gasteiger partial charge in [0.15, 0.2) is 5.78 Å². The van der Waals surface area contributed by atoms with Crippen LogP contribution in [0.15, 0.2) is 30.3 Å². The van der Waals surface area contributed by atoms with Gasteiger partial charge in [0.1, 0.15) is 6.04 Å². The highest BCUT2D eigenvalue weighted by atomic mass is 16.2. The first-order valence-corrected chi connectivity index (χ1v) is 5.00. The molecule has 1 atom stereocenters. The zero-order valence-electron chi connectivity index (χ0n) is 8.99. The lowest BCUT2D eigenvalue weighted by molar-refractivity contribution is -0.126. The van der Waals surface area contributed by atoms with Gasteiger partial charge in [-0.15, -0.1) is 0 Å². The Bertz CT molecular complexity index is 346. The second-order valence-electron chi connectivity index (χ2n) is 3.36. The van der Waals surface area contributed by atoms with Gasteiger partial charge in [0, 0.05) is 13.3 Å².